The molecule has 1 aliphatic heterocycles. The van der Waals surface area contributed by atoms with Crippen molar-refractivity contribution in [2.45, 2.75) is 36.9 Å². The van der Waals surface area contributed by atoms with Gasteiger partial charge >= 0.3 is 0 Å². The molecule has 2 heterocycles. The zero-order chi connectivity index (χ0) is 28.1. The number of likely N-dealkylation sites (tertiary alicyclic amines) is 1. The summed E-state index contributed by atoms with van der Waals surface area (Å²) in [6.07, 6.45) is 1.99. The van der Waals surface area contributed by atoms with Gasteiger partial charge in [0.25, 0.3) is 10.0 Å². The predicted octanol–water partition coefficient (Wildman–Crippen LogP) is 5.00. The molecule has 1 aromatic heterocycles. The molecule has 5 rings (SSSR count). The van der Waals surface area contributed by atoms with Crippen molar-refractivity contribution in [1.29, 1.82) is 0 Å². The number of nitrogens with zero attached hydrogens (tertiary/aromatic N) is 4. The van der Waals surface area contributed by atoms with Crippen LogP contribution in [0.2, 0.25) is 0 Å². The number of hydrogen-bond acceptors (Lipinski definition) is 4. The van der Waals surface area contributed by atoms with Crippen molar-refractivity contribution in [3.63, 3.8) is 0 Å². The second kappa shape index (κ2) is 12.4. The topological polar surface area (TPSA) is 65.9 Å². The summed E-state index contributed by atoms with van der Waals surface area (Å²) in [5.41, 5.74) is 2.72. The number of aromatic nitrogens is 1. The Kier molecular flexibility index (Phi) is 8.69. The lowest BCUT2D eigenvalue weighted by Crippen LogP contribution is -2.39. The van der Waals surface area contributed by atoms with E-state index in [9.17, 15) is 13.2 Å². The number of fused-ring (bicyclic) bond motifs is 1. The van der Waals surface area contributed by atoms with Crippen LogP contribution in [0.25, 0.3) is 10.9 Å². The summed E-state index contributed by atoms with van der Waals surface area (Å²) in [6.45, 7) is 2.83. The van der Waals surface area contributed by atoms with Crippen LogP contribution in [0.1, 0.15) is 36.4 Å². The van der Waals surface area contributed by atoms with Crippen molar-refractivity contribution in [2.24, 2.45) is 0 Å². The van der Waals surface area contributed by atoms with Gasteiger partial charge in [-0.25, -0.2) is 8.42 Å². The molecule has 0 radical (unpaired) electrons. The molecule has 0 aliphatic carbocycles. The molecule has 0 unspecified atom stereocenters. The summed E-state index contributed by atoms with van der Waals surface area (Å²) in [5.74, 6) is 0.154. The van der Waals surface area contributed by atoms with Crippen LogP contribution in [-0.2, 0) is 21.4 Å². The third kappa shape index (κ3) is 5.99. The molecule has 1 saturated heterocycles. The molecule has 4 aromatic rings. The zero-order valence-corrected chi connectivity index (χ0v) is 24.1. The van der Waals surface area contributed by atoms with Crippen molar-refractivity contribution in [2.75, 3.05) is 40.3 Å². The lowest BCUT2D eigenvalue weighted by molar-refractivity contribution is -0.127. The van der Waals surface area contributed by atoms with Gasteiger partial charge < -0.3 is 14.4 Å². The SMILES string of the molecule is CN(C)CCn1c(S(=O)(=O)N(CCCN2CCCC2=O)C(c2ccccc2)c2ccccc2)cc2ccccc21. The van der Waals surface area contributed by atoms with Gasteiger partial charge in [-0.3, -0.25) is 4.79 Å². The molecule has 0 spiro atoms. The maximum Gasteiger partial charge on any atom is 0.259 e. The van der Waals surface area contributed by atoms with E-state index in [0.29, 0.717) is 37.5 Å². The first-order valence-corrected chi connectivity index (χ1v) is 15.4. The van der Waals surface area contributed by atoms with Crippen LogP contribution in [0.3, 0.4) is 0 Å². The van der Waals surface area contributed by atoms with E-state index in [1.165, 1.54) is 0 Å². The van der Waals surface area contributed by atoms with Gasteiger partial charge in [0, 0.05) is 50.0 Å². The normalized spacial score (nSPS) is 14.3. The van der Waals surface area contributed by atoms with Crippen molar-refractivity contribution in [1.82, 2.24) is 18.7 Å². The maximum absolute atomic E-state index is 14.9. The first-order valence-electron chi connectivity index (χ1n) is 14.0. The van der Waals surface area contributed by atoms with Crippen molar-refractivity contribution in [3.05, 3.63) is 102 Å². The van der Waals surface area contributed by atoms with E-state index in [4.69, 9.17) is 0 Å². The van der Waals surface area contributed by atoms with E-state index in [1.807, 2.05) is 115 Å². The fourth-order valence-electron chi connectivity index (χ4n) is 5.59. The van der Waals surface area contributed by atoms with E-state index in [0.717, 1.165) is 35.0 Å². The predicted molar refractivity (Wildman–Crippen MR) is 160 cm³/mol. The molecule has 7 nitrogen and oxygen atoms in total. The van der Waals surface area contributed by atoms with Gasteiger partial charge in [0.2, 0.25) is 5.91 Å². The highest BCUT2D eigenvalue weighted by atomic mass is 32.2. The Hall–Kier alpha value is -3.46. The first kappa shape index (κ1) is 28.1. The van der Waals surface area contributed by atoms with Crippen molar-refractivity contribution >= 4 is 26.8 Å². The summed E-state index contributed by atoms with van der Waals surface area (Å²) in [5, 5.41) is 1.20. The third-order valence-corrected chi connectivity index (χ3v) is 9.49. The Bertz CT molecular complexity index is 1490. The largest absolute Gasteiger partial charge is 0.343 e. The van der Waals surface area contributed by atoms with Crippen molar-refractivity contribution in [3.8, 4) is 0 Å². The monoisotopic (exact) mass is 558 g/mol. The Morgan fingerprint density at radius 1 is 0.825 bits per heavy atom. The molecule has 40 heavy (non-hydrogen) atoms. The molecular weight excluding hydrogens is 520 g/mol. The van der Waals surface area contributed by atoms with Gasteiger partial charge in [-0.2, -0.15) is 4.31 Å². The van der Waals surface area contributed by atoms with Crippen LogP contribution in [-0.4, -0.2) is 73.3 Å². The zero-order valence-electron chi connectivity index (χ0n) is 23.3. The molecule has 210 valence electrons. The van der Waals surface area contributed by atoms with Gasteiger partial charge in [-0.1, -0.05) is 78.9 Å². The van der Waals surface area contributed by atoms with Crippen LogP contribution in [0.5, 0.6) is 0 Å². The third-order valence-electron chi connectivity index (χ3n) is 7.61. The minimum Gasteiger partial charge on any atom is -0.343 e. The highest BCUT2D eigenvalue weighted by molar-refractivity contribution is 7.89. The number of sulfonamides is 1. The van der Waals surface area contributed by atoms with E-state index in [2.05, 4.69) is 4.90 Å². The fourth-order valence-corrected chi connectivity index (χ4v) is 7.47. The number of rotatable bonds is 12. The van der Waals surface area contributed by atoms with Crippen LogP contribution in [0.4, 0.5) is 0 Å². The highest BCUT2D eigenvalue weighted by Crippen LogP contribution is 2.35. The summed E-state index contributed by atoms with van der Waals surface area (Å²) in [7, 11) is 0.0135. The Morgan fingerprint density at radius 2 is 1.45 bits per heavy atom. The highest BCUT2D eigenvalue weighted by Gasteiger charge is 2.36. The van der Waals surface area contributed by atoms with E-state index in [-0.39, 0.29) is 12.5 Å². The van der Waals surface area contributed by atoms with Gasteiger partial charge in [-0.05, 0) is 50.2 Å². The number of para-hydroxylation sites is 1. The quantitative estimate of drug-likeness (QED) is 0.246. The molecule has 0 atom stereocenters. The van der Waals surface area contributed by atoms with Crippen LogP contribution < -0.4 is 0 Å². The maximum atomic E-state index is 14.9. The average Bonchev–Trinajstić information content (AvgIpc) is 3.55. The fraction of sp³-hybridized carbons (Fsp3) is 0.344. The lowest BCUT2D eigenvalue weighted by atomic mass is 9.98. The van der Waals surface area contributed by atoms with Gasteiger partial charge in [-0.15, -0.1) is 0 Å². The van der Waals surface area contributed by atoms with Gasteiger partial charge in [0.1, 0.15) is 0 Å². The molecule has 0 saturated carbocycles. The van der Waals surface area contributed by atoms with E-state index >= 15 is 0 Å². The molecule has 8 heteroatoms. The lowest BCUT2D eigenvalue weighted by Gasteiger charge is -2.32. The van der Waals surface area contributed by atoms with Gasteiger partial charge in [0.05, 0.1) is 6.04 Å². The van der Waals surface area contributed by atoms with Crippen LogP contribution >= 0.6 is 0 Å². The van der Waals surface area contributed by atoms with E-state index in [1.54, 1.807) is 4.31 Å². The van der Waals surface area contributed by atoms with Gasteiger partial charge in [0.15, 0.2) is 5.03 Å². The standard InChI is InChI=1S/C32H38N4O3S/c1-33(2)23-24-35-29-18-10-9-17-28(29)25-31(35)40(38,39)36(22-12-21-34-20-11-19-30(34)37)32(26-13-5-3-6-14-26)27-15-7-4-8-16-27/h3-10,13-18,25,32H,11-12,19-24H2,1-2H3. The Balaban J connectivity index is 1.62. The molecule has 1 aliphatic rings. The molecule has 0 N–H and O–H groups in total. The minimum absolute atomic E-state index is 0.154. The number of carbonyl (C=O) groups excluding carboxylic acids is 1. The molecule has 0 bridgehead atoms. The number of hydrogen-bond donors (Lipinski definition) is 0. The summed E-state index contributed by atoms with van der Waals surface area (Å²) < 4.78 is 33.3. The Labute approximate surface area is 237 Å². The number of likely N-dealkylation sites (N-methyl/N-ethyl adjacent to an activating group) is 1. The number of amides is 1. The summed E-state index contributed by atoms with van der Waals surface area (Å²) >= 11 is 0. The molecule has 1 amide bonds. The van der Waals surface area contributed by atoms with E-state index < -0.39 is 16.1 Å². The number of carbonyl (C=O) groups is 1. The second-order valence-corrected chi connectivity index (χ2v) is 12.5. The molecule has 1 fully saturated rings. The van der Waals surface area contributed by atoms with Crippen LogP contribution in [0, 0.1) is 0 Å². The molecule has 3 aromatic carbocycles. The first-order chi connectivity index (χ1) is 19.4. The average molecular weight is 559 g/mol. The molecular formula is C32H38N4O3S. The van der Waals surface area contributed by atoms with Crippen LogP contribution in [0.15, 0.2) is 96.0 Å². The minimum atomic E-state index is -3.97. The van der Waals surface area contributed by atoms with Crippen molar-refractivity contribution < 1.29 is 13.2 Å². The summed E-state index contributed by atoms with van der Waals surface area (Å²) in [6, 6.07) is 28.8. The second-order valence-electron chi connectivity index (χ2n) is 10.7. The number of benzene rings is 3. The Morgan fingerprint density at radius 3 is 2.05 bits per heavy atom. The smallest absolute Gasteiger partial charge is 0.259 e. The summed E-state index contributed by atoms with van der Waals surface area (Å²) in [4.78, 5) is 16.2.